The van der Waals surface area contributed by atoms with Crippen LogP contribution in [0.4, 0.5) is 5.82 Å². The van der Waals surface area contributed by atoms with Crippen molar-refractivity contribution in [3.8, 4) is 5.69 Å². The second kappa shape index (κ2) is 7.95. The summed E-state index contributed by atoms with van der Waals surface area (Å²) in [6, 6.07) is 5.67. The van der Waals surface area contributed by atoms with Gasteiger partial charge >= 0.3 is 5.97 Å². The van der Waals surface area contributed by atoms with Crippen LogP contribution in [-0.4, -0.2) is 53.4 Å². The van der Waals surface area contributed by atoms with E-state index in [-0.39, 0.29) is 18.7 Å². The summed E-state index contributed by atoms with van der Waals surface area (Å²) in [7, 11) is 1.35. The van der Waals surface area contributed by atoms with Gasteiger partial charge in [-0.1, -0.05) is 23.2 Å². The van der Waals surface area contributed by atoms with E-state index in [1.165, 1.54) is 7.11 Å². The number of halogens is 2. The highest BCUT2D eigenvalue weighted by atomic mass is 35.5. The van der Waals surface area contributed by atoms with Crippen molar-refractivity contribution < 1.29 is 14.3 Å². The van der Waals surface area contributed by atoms with E-state index in [4.69, 9.17) is 32.9 Å². The fraction of sp³-hybridized carbons (Fsp3) is 0.316. The van der Waals surface area contributed by atoms with E-state index < -0.39 is 0 Å². The van der Waals surface area contributed by atoms with Gasteiger partial charge in [0.1, 0.15) is 12.4 Å². The molecule has 1 atom stereocenters. The van der Waals surface area contributed by atoms with Crippen molar-refractivity contribution in [2.75, 3.05) is 31.7 Å². The van der Waals surface area contributed by atoms with Crippen LogP contribution in [0.25, 0.3) is 16.6 Å². The lowest BCUT2D eigenvalue weighted by Gasteiger charge is -2.20. The van der Waals surface area contributed by atoms with Gasteiger partial charge in [0.2, 0.25) is 0 Å². The average molecular weight is 421 g/mol. The number of esters is 1. The maximum Gasteiger partial charge on any atom is 0.331 e. The molecule has 1 fully saturated rings. The maximum absolute atomic E-state index is 11.3. The van der Waals surface area contributed by atoms with Crippen LogP contribution in [0, 0.1) is 0 Å². The molecule has 0 bridgehead atoms. The molecule has 0 unspecified atom stereocenters. The topological polar surface area (TPSA) is 69.5 Å². The van der Waals surface area contributed by atoms with Crippen molar-refractivity contribution in [2.45, 2.75) is 12.5 Å². The number of hydrogen-bond acceptors (Lipinski definition) is 6. The summed E-state index contributed by atoms with van der Waals surface area (Å²) in [6.07, 6.45) is 6.04. The van der Waals surface area contributed by atoms with Crippen LogP contribution in [0.1, 0.15) is 6.42 Å². The van der Waals surface area contributed by atoms with Crippen molar-refractivity contribution in [3.05, 3.63) is 47.0 Å². The molecule has 7 nitrogen and oxygen atoms in total. The summed E-state index contributed by atoms with van der Waals surface area (Å²) < 4.78 is 12.2. The molecule has 9 heteroatoms. The van der Waals surface area contributed by atoms with E-state index in [1.54, 1.807) is 18.6 Å². The highest BCUT2D eigenvalue weighted by Gasteiger charge is 2.26. The van der Waals surface area contributed by atoms with Crippen LogP contribution in [0.15, 0.2) is 36.9 Å². The Hall–Kier alpha value is -2.35. The number of fused-ring (bicyclic) bond motifs is 1. The highest BCUT2D eigenvalue weighted by Crippen LogP contribution is 2.35. The van der Waals surface area contributed by atoms with E-state index >= 15 is 0 Å². The molecule has 1 aliphatic heterocycles. The molecule has 28 heavy (non-hydrogen) atoms. The molecule has 2 aromatic heterocycles. The van der Waals surface area contributed by atoms with E-state index in [0.717, 1.165) is 29.9 Å². The predicted octanol–water partition coefficient (Wildman–Crippen LogP) is 3.50. The summed E-state index contributed by atoms with van der Waals surface area (Å²) in [5.74, 6) is 0.385. The van der Waals surface area contributed by atoms with E-state index in [2.05, 4.69) is 14.6 Å². The molecule has 0 saturated carbocycles. The monoisotopic (exact) mass is 420 g/mol. The summed E-state index contributed by atoms with van der Waals surface area (Å²) in [5, 5.41) is 1.75. The molecule has 0 spiro atoms. The standard InChI is InChI=1S/C19H18Cl2N4O3/c1-27-17(26)10-28-12-4-6-24(9-12)16-8-15(25-7-5-22-11-25)13-2-3-14(20)18(21)19(13)23-16/h2-3,5,7-8,11-12H,4,6,9-10H2,1H3/t12-/m1/s1. The highest BCUT2D eigenvalue weighted by molar-refractivity contribution is 6.45. The number of benzene rings is 1. The predicted molar refractivity (Wildman–Crippen MR) is 107 cm³/mol. The van der Waals surface area contributed by atoms with Gasteiger partial charge in [-0.3, -0.25) is 0 Å². The number of nitrogens with zero attached hydrogens (tertiary/aromatic N) is 4. The first-order chi connectivity index (χ1) is 13.6. The van der Waals surface area contributed by atoms with Crippen LogP contribution in [0.2, 0.25) is 10.0 Å². The zero-order valence-corrected chi connectivity index (χ0v) is 16.7. The fourth-order valence-corrected chi connectivity index (χ4v) is 3.66. The van der Waals surface area contributed by atoms with Crippen LogP contribution in [0.3, 0.4) is 0 Å². The van der Waals surface area contributed by atoms with E-state index in [1.807, 2.05) is 22.9 Å². The molecule has 0 amide bonds. The third-order valence-corrected chi connectivity index (χ3v) is 5.55. The summed E-state index contributed by atoms with van der Waals surface area (Å²) in [4.78, 5) is 22.3. The van der Waals surface area contributed by atoms with Crippen molar-refractivity contribution in [3.63, 3.8) is 0 Å². The van der Waals surface area contributed by atoms with Gasteiger partial charge in [0.25, 0.3) is 0 Å². The van der Waals surface area contributed by atoms with Gasteiger partial charge in [0, 0.05) is 36.9 Å². The number of ether oxygens (including phenoxy) is 2. The summed E-state index contributed by atoms with van der Waals surface area (Å²) in [6.45, 7) is 1.32. The fourth-order valence-electron chi connectivity index (χ4n) is 3.30. The van der Waals surface area contributed by atoms with Crippen molar-refractivity contribution in [1.29, 1.82) is 0 Å². The summed E-state index contributed by atoms with van der Waals surface area (Å²) >= 11 is 12.7. The zero-order chi connectivity index (χ0) is 19.7. The third-order valence-electron chi connectivity index (χ3n) is 4.75. The van der Waals surface area contributed by atoms with Crippen LogP contribution < -0.4 is 4.90 Å². The number of imidazole rings is 1. The maximum atomic E-state index is 11.3. The Bertz CT molecular complexity index is 1010. The van der Waals surface area contributed by atoms with Gasteiger partial charge in [0.05, 0.1) is 40.8 Å². The number of methoxy groups -OCH3 is 1. The average Bonchev–Trinajstić information content (AvgIpc) is 3.40. The lowest BCUT2D eigenvalue weighted by atomic mass is 10.1. The quantitative estimate of drug-likeness (QED) is 0.588. The van der Waals surface area contributed by atoms with Crippen molar-refractivity contribution >= 4 is 45.9 Å². The second-order valence-corrected chi connectivity index (χ2v) is 7.26. The molecule has 0 radical (unpaired) electrons. The summed E-state index contributed by atoms with van der Waals surface area (Å²) in [5.41, 5.74) is 1.55. The molecule has 3 heterocycles. The van der Waals surface area contributed by atoms with Crippen molar-refractivity contribution in [1.82, 2.24) is 14.5 Å². The molecule has 1 aromatic carbocycles. The minimum atomic E-state index is -0.383. The SMILES string of the molecule is COC(=O)CO[C@@H]1CCN(c2cc(-n3ccnc3)c3ccc(Cl)c(Cl)c3n2)C1. The molecule has 1 aliphatic rings. The van der Waals surface area contributed by atoms with Gasteiger partial charge in [-0.15, -0.1) is 0 Å². The number of anilines is 1. The minimum absolute atomic E-state index is 0.0537. The zero-order valence-electron chi connectivity index (χ0n) is 15.1. The first-order valence-corrected chi connectivity index (χ1v) is 9.53. The smallest absolute Gasteiger partial charge is 0.331 e. The lowest BCUT2D eigenvalue weighted by Crippen LogP contribution is -2.25. The lowest BCUT2D eigenvalue weighted by molar-refractivity contribution is -0.147. The Labute approximate surface area is 171 Å². The number of rotatable bonds is 5. The molecule has 1 saturated heterocycles. The number of hydrogen-bond donors (Lipinski definition) is 0. The molecule has 146 valence electrons. The first-order valence-electron chi connectivity index (χ1n) is 8.77. The Morgan fingerprint density at radius 2 is 2.21 bits per heavy atom. The van der Waals surface area contributed by atoms with E-state index in [0.29, 0.717) is 22.1 Å². The van der Waals surface area contributed by atoms with Gasteiger partial charge in [-0.25, -0.2) is 14.8 Å². The van der Waals surface area contributed by atoms with Gasteiger partial charge in [0.15, 0.2) is 0 Å². The van der Waals surface area contributed by atoms with Gasteiger partial charge < -0.3 is 18.9 Å². The third kappa shape index (κ3) is 3.65. The van der Waals surface area contributed by atoms with Crippen LogP contribution in [-0.2, 0) is 14.3 Å². The molecular formula is C19H18Cl2N4O3. The minimum Gasteiger partial charge on any atom is -0.467 e. The van der Waals surface area contributed by atoms with E-state index in [9.17, 15) is 4.79 Å². The van der Waals surface area contributed by atoms with Crippen LogP contribution >= 0.6 is 23.2 Å². The molecule has 0 aliphatic carbocycles. The largest absolute Gasteiger partial charge is 0.467 e. The second-order valence-electron chi connectivity index (χ2n) is 6.47. The number of aromatic nitrogens is 3. The van der Waals surface area contributed by atoms with Gasteiger partial charge in [-0.05, 0) is 18.6 Å². The number of carbonyl (C=O) groups excluding carboxylic acids is 1. The molecular weight excluding hydrogens is 403 g/mol. The number of pyridine rings is 1. The van der Waals surface area contributed by atoms with Crippen LogP contribution in [0.5, 0.6) is 0 Å². The Balaban J connectivity index is 1.68. The van der Waals surface area contributed by atoms with Crippen molar-refractivity contribution in [2.24, 2.45) is 0 Å². The molecule has 3 aromatic rings. The Kier molecular flexibility index (Phi) is 5.39. The number of carbonyl (C=O) groups is 1. The Morgan fingerprint density at radius 1 is 1.36 bits per heavy atom. The Morgan fingerprint density at radius 3 is 2.96 bits per heavy atom. The normalized spacial score (nSPS) is 16.7. The first kappa shape index (κ1) is 19.0. The molecule has 0 N–H and O–H groups in total. The molecule has 4 rings (SSSR count). The van der Waals surface area contributed by atoms with Gasteiger partial charge in [-0.2, -0.15) is 0 Å².